The normalized spacial score (nSPS) is 18.3. The van der Waals surface area contributed by atoms with Gasteiger partial charge in [0.1, 0.15) is 5.60 Å². The van der Waals surface area contributed by atoms with Crippen LogP contribution in [0.25, 0.3) is 0 Å². The molecular weight excluding hydrogens is 314 g/mol. The molecule has 0 heterocycles. The van der Waals surface area contributed by atoms with Gasteiger partial charge in [0, 0.05) is 0 Å². The Morgan fingerprint density at radius 2 is 1.81 bits per heavy atom. The number of ether oxygens (including phenoxy) is 2. The van der Waals surface area contributed by atoms with Gasteiger partial charge in [-0.15, -0.1) is 0 Å². The second-order valence-electron chi connectivity index (χ2n) is 4.79. The average molecular weight is 330 g/mol. The zero-order chi connectivity index (χ0) is 16.3. The maximum absolute atomic E-state index is 12.9. The highest BCUT2D eigenvalue weighted by molar-refractivity contribution is 7.87. The molecule has 0 radical (unpaired) electrons. The van der Waals surface area contributed by atoms with Gasteiger partial charge in [-0.3, -0.25) is 4.55 Å². The van der Waals surface area contributed by atoms with Crippen LogP contribution in [-0.2, 0) is 29.2 Å². The van der Waals surface area contributed by atoms with E-state index < -0.39 is 39.5 Å². The molecule has 0 amide bonds. The van der Waals surface area contributed by atoms with Crippen molar-refractivity contribution in [3.63, 3.8) is 0 Å². The number of esters is 2. The van der Waals surface area contributed by atoms with Gasteiger partial charge in [0.2, 0.25) is 0 Å². The third-order valence-electron chi connectivity index (χ3n) is 3.37. The van der Waals surface area contributed by atoms with E-state index in [0.29, 0.717) is 19.3 Å². The van der Waals surface area contributed by atoms with E-state index in [0.717, 1.165) is 12.8 Å². The summed E-state index contributed by atoms with van der Waals surface area (Å²) in [5, 5.41) is -5.12. The van der Waals surface area contributed by atoms with Crippen LogP contribution in [0.1, 0.15) is 39.0 Å². The molecule has 0 aromatic carbocycles. The lowest BCUT2D eigenvalue weighted by Crippen LogP contribution is -2.40. The molecule has 1 aliphatic carbocycles. The maximum atomic E-state index is 12.9. The number of halogens is 2. The Morgan fingerprint density at radius 1 is 1.29 bits per heavy atom. The summed E-state index contributed by atoms with van der Waals surface area (Å²) < 4.78 is 63.5. The summed E-state index contributed by atoms with van der Waals surface area (Å²) in [5.74, 6) is -3.57. The van der Waals surface area contributed by atoms with Crippen LogP contribution in [0.3, 0.4) is 0 Å². The number of rotatable bonds is 6. The molecule has 0 unspecified atom stereocenters. The third-order valence-corrected chi connectivity index (χ3v) is 4.19. The van der Waals surface area contributed by atoms with E-state index in [-0.39, 0.29) is 0 Å². The predicted octanol–water partition coefficient (Wildman–Crippen LogP) is 1.28. The fourth-order valence-electron chi connectivity index (χ4n) is 2.13. The van der Waals surface area contributed by atoms with Gasteiger partial charge >= 0.3 is 27.3 Å². The summed E-state index contributed by atoms with van der Waals surface area (Å²) >= 11 is 0. The molecule has 0 spiro atoms. The molecule has 0 bridgehead atoms. The lowest BCUT2D eigenvalue weighted by atomic mass is 9.99. The van der Waals surface area contributed by atoms with Crippen molar-refractivity contribution in [2.24, 2.45) is 0 Å². The quantitative estimate of drug-likeness (QED) is 0.577. The second kappa shape index (κ2) is 6.22. The molecule has 0 saturated heterocycles. The summed E-state index contributed by atoms with van der Waals surface area (Å²) in [6.45, 7) is 0.656. The van der Waals surface area contributed by atoms with Crippen molar-refractivity contribution in [3.8, 4) is 0 Å². The molecule has 1 rings (SSSR count). The third kappa shape index (κ3) is 4.10. The van der Waals surface area contributed by atoms with Crippen LogP contribution in [0.2, 0.25) is 0 Å². The number of carbonyl (C=O) groups excluding carboxylic acids is 2. The summed E-state index contributed by atoms with van der Waals surface area (Å²) in [5.41, 5.74) is -0.685. The Labute approximate surface area is 120 Å². The van der Waals surface area contributed by atoms with Gasteiger partial charge in [0.05, 0.1) is 0 Å². The van der Waals surface area contributed by atoms with Crippen LogP contribution in [0.4, 0.5) is 8.78 Å². The van der Waals surface area contributed by atoms with Crippen molar-refractivity contribution in [1.29, 1.82) is 0 Å². The standard InChI is InChI=1S/C11H16F2O7S/c1-2-10(5-3-4-6-10)20-8(14)7-19-9(15)11(12,13)21(16,17)18/h2-7H2,1H3,(H,16,17,18). The fraction of sp³-hybridized carbons (Fsp3) is 0.818. The Bertz CT molecular complexity index is 509. The SMILES string of the molecule is CCC1(OC(=O)COC(=O)C(F)(F)S(=O)(=O)O)CCCC1. The molecule has 1 fully saturated rings. The number of hydrogen-bond donors (Lipinski definition) is 1. The minimum atomic E-state index is -5.95. The molecular formula is C11H16F2O7S. The molecule has 0 aromatic heterocycles. The summed E-state index contributed by atoms with van der Waals surface area (Å²) in [7, 11) is -5.95. The van der Waals surface area contributed by atoms with E-state index in [1.165, 1.54) is 0 Å². The van der Waals surface area contributed by atoms with E-state index >= 15 is 0 Å². The number of hydrogen-bond acceptors (Lipinski definition) is 6. The van der Waals surface area contributed by atoms with Crippen LogP contribution in [0.5, 0.6) is 0 Å². The molecule has 122 valence electrons. The monoisotopic (exact) mass is 330 g/mol. The molecule has 0 aliphatic heterocycles. The first kappa shape index (κ1) is 17.8. The predicted molar refractivity (Wildman–Crippen MR) is 65.0 cm³/mol. The van der Waals surface area contributed by atoms with Crippen molar-refractivity contribution < 1.29 is 40.8 Å². The van der Waals surface area contributed by atoms with Crippen molar-refractivity contribution in [1.82, 2.24) is 0 Å². The van der Waals surface area contributed by atoms with Crippen molar-refractivity contribution >= 4 is 22.1 Å². The van der Waals surface area contributed by atoms with Crippen LogP contribution in [0, 0.1) is 0 Å². The van der Waals surface area contributed by atoms with Crippen molar-refractivity contribution in [2.45, 2.75) is 49.9 Å². The number of alkyl halides is 2. The second-order valence-corrected chi connectivity index (χ2v) is 6.25. The molecule has 1 N–H and O–H groups in total. The largest absolute Gasteiger partial charge is 0.465 e. The van der Waals surface area contributed by atoms with Crippen molar-refractivity contribution in [2.75, 3.05) is 6.61 Å². The Morgan fingerprint density at radius 3 is 2.24 bits per heavy atom. The first-order valence-corrected chi connectivity index (χ1v) is 7.72. The first-order chi connectivity index (χ1) is 9.54. The zero-order valence-electron chi connectivity index (χ0n) is 11.3. The first-order valence-electron chi connectivity index (χ1n) is 6.28. The average Bonchev–Trinajstić information content (AvgIpc) is 2.83. The maximum Gasteiger partial charge on any atom is 0.465 e. The van der Waals surface area contributed by atoms with Crippen LogP contribution < -0.4 is 0 Å². The van der Waals surface area contributed by atoms with Gasteiger partial charge in [-0.05, 0) is 32.1 Å². The minimum absolute atomic E-state index is 0.536. The van der Waals surface area contributed by atoms with Gasteiger partial charge in [0.15, 0.2) is 6.61 Å². The van der Waals surface area contributed by atoms with Gasteiger partial charge in [-0.25, -0.2) is 9.59 Å². The molecule has 21 heavy (non-hydrogen) atoms. The minimum Gasteiger partial charge on any atom is -0.457 e. The van der Waals surface area contributed by atoms with E-state index in [9.17, 15) is 26.8 Å². The highest BCUT2D eigenvalue weighted by Crippen LogP contribution is 2.36. The molecule has 0 atom stereocenters. The zero-order valence-corrected chi connectivity index (χ0v) is 12.1. The molecule has 0 aromatic rings. The topological polar surface area (TPSA) is 107 Å². The summed E-state index contributed by atoms with van der Waals surface area (Å²) in [6, 6.07) is 0. The van der Waals surface area contributed by atoms with Crippen molar-refractivity contribution in [3.05, 3.63) is 0 Å². The Hall–Kier alpha value is -1.29. The lowest BCUT2D eigenvalue weighted by Gasteiger charge is -2.27. The highest BCUT2D eigenvalue weighted by Gasteiger charge is 2.54. The number of carbonyl (C=O) groups is 2. The molecule has 1 aliphatic rings. The van der Waals surface area contributed by atoms with Crippen LogP contribution in [-0.4, -0.2) is 42.4 Å². The molecule has 7 nitrogen and oxygen atoms in total. The Balaban J connectivity index is 2.56. The molecule has 10 heteroatoms. The van der Waals surface area contributed by atoms with E-state index in [1.54, 1.807) is 6.92 Å². The van der Waals surface area contributed by atoms with E-state index in [1.807, 2.05) is 0 Å². The summed E-state index contributed by atoms with van der Waals surface area (Å²) in [6.07, 6.45) is 3.52. The summed E-state index contributed by atoms with van der Waals surface area (Å²) in [4.78, 5) is 22.4. The Kier molecular flexibility index (Phi) is 5.26. The lowest BCUT2D eigenvalue weighted by molar-refractivity contribution is -0.176. The van der Waals surface area contributed by atoms with Gasteiger partial charge < -0.3 is 9.47 Å². The van der Waals surface area contributed by atoms with Crippen LogP contribution in [0.15, 0.2) is 0 Å². The van der Waals surface area contributed by atoms with Gasteiger partial charge in [-0.1, -0.05) is 6.92 Å². The van der Waals surface area contributed by atoms with E-state index in [4.69, 9.17) is 9.29 Å². The van der Waals surface area contributed by atoms with Gasteiger partial charge in [0.25, 0.3) is 0 Å². The van der Waals surface area contributed by atoms with Gasteiger partial charge in [-0.2, -0.15) is 17.2 Å². The van der Waals surface area contributed by atoms with Crippen LogP contribution >= 0.6 is 0 Å². The smallest absolute Gasteiger partial charge is 0.457 e. The fourth-order valence-corrected chi connectivity index (χ4v) is 2.40. The highest BCUT2D eigenvalue weighted by atomic mass is 32.2. The molecule has 1 saturated carbocycles. The van der Waals surface area contributed by atoms with E-state index in [2.05, 4.69) is 4.74 Å².